The number of hydrogen-bond donors (Lipinski definition) is 1. The number of benzene rings is 1. The van der Waals surface area contributed by atoms with Crippen molar-refractivity contribution in [3.05, 3.63) is 53.2 Å². The molecule has 1 atom stereocenters. The standard InChI is InChI=1S/C22H27N5O2S/c1-5-20-25-26-21(29-20)30-13-19(28)24-16-10-22(3,4)11-18-15(16)12-23-27(18)17-9-7-6-8-14(17)2/h6-9,12,16H,5,10-11,13H2,1-4H3,(H,24,28)/t16-/m1/s1. The maximum atomic E-state index is 12.7. The molecule has 1 N–H and O–H groups in total. The SMILES string of the molecule is CCc1nnc(SCC(=O)N[C@@H]2CC(C)(C)Cc3c2cnn3-c2ccccc2C)o1. The van der Waals surface area contributed by atoms with E-state index in [9.17, 15) is 4.79 Å². The quantitative estimate of drug-likeness (QED) is 0.600. The Hall–Kier alpha value is -2.61. The maximum Gasteiger partial charge on any atom is 0.277 e. The van der Waals surface area contributed by atoms with Crippen molar-refractivity contribution in [2.45, 2.75) is 58.2 Å². The smallest absolute Gasteiger partial charge is 0.277 e. The number of fused-ring (bicyclic) bond motifs is 1. The molecule has 1 aromatic carbocycles. The lowest BCUT2D eigenvalue weighted by atomic mass is 9.74. The van der Waals surface area contributed by atoms with Crippen LogP contribution in [0, 0.1) is 12.3 Å². The molecule has 0 saturated carbocycles. The van der Waals surface area contributed by atoms with Gasteiger partial charge in [-0.15, -0.1) is 10.2 Å². The second-order valence-corrected chi connectivity index (χ2v) is 9.44. The Morgan fingerprint density at radius 2 is 2.13 bits per heavy atom. The van der Waals surface area contributed by atoms with Crippen LogP contribution < -0.4 is 5.32 Å². The minimum absolute atomic E-state index is 0.0476. The van der Waals surface area contributed by atoms with Crippen LogP contribution in [0.5, 0.6) is 0 Å². The molecule has 30 heavy (non-hydrogen) atoms. The first-order valence-electron chi connectivity index (χ1n) is 10.2. The second-order valence-electron chi connectivity index (χ2n) is 8.51. The summed E-state index contributed by atoms with van der Waals surface area (Å²) >= 11 is 1.27. The van der Waals surface area contributed by atoms with Crippen LogP contribution >= 0.6 is 11.8 Å². The molecule has 7 nitrogen and oxygen atoms in total. The monoisotopic (exact) mass is 425 g/mol. The lowest BCUT2D eigenvalue weighted by molar-refractivity contribution is -0.119. The summed E-state index contributed by atoms with van der Waals surface area (Å²) in [6, 6.07) is 8.18. The van der Waals surface area contributed by atoms with Crippen LogP contribution in [0.15, 0.2) is 40.1 Å². The van der Waals surface area contributed by atoms with Crippen molar-refractivity contribution in [2.24, 2.45) is 5.41 Å². The molecule has 1 aliphatic carbocycles. The topological polar surface area (TPSA) is 85.8 Å². The van der Waals surface area contributed by atoms with Gasteiger partial charge >= 0.3 is 0 Å². The third-order valence-corrected chi connectivity index (χ3v) is 6.25. The Kier molecular flexibility index (Phi) is 5.69. The number of nitrogens with one attached hydrogen (secondary N) is 1. The molecule has 158 valence electrons. The Bertz CT molecular complexity index is 1060. The Balaban J connectivity index is 1.52. The normalized spacial score (nSPS) is 17.5. The molecule has 1 amide bonds. The summed E-state index contributed by atoms with van der Waals surface area (Å²) < 4.78 is 7.51. The molecule has 3 aromatic rings. The number of para-hydroxylation sites is 1. The number of carbonyl (C=O) groups is 1. The third-order valence-electron chi connectivity index (χ3n) is 5.44. The molecule has 2 aromatic heterocycles. The zero-order valence-corrected chi connectivity index (χ0v) is 18.6. The number of hydrogen-bond acceptors (Lipinski definition) is 6. The maximum absolute atomic E-state index is 12.7. The van der Waals surface area contributed by atoms with Gasteiger partial charge in [0.25, 0.3) is 5.22 Å². The number of nitrogens with zero attached hydrogens (tertiary/aromatic N) is 4. The zero-order valence-electron chi connectivity index (χ0n) is 17.8. The van der Waals surface area contributed by atoms with Crippen molar-refractivity contribution >= 4 is 17.7 Å². The van der Waals surface area contributed by atoms with E-state index < -0.39 is 0 Å². The van der Waals surface area contributed by atoms with Gasteiger partial charge in [-0.1, -0.05) is 50.7 Å². The number of thioether (sulfide) groups is 1. The average molecular weight is 426 g/mol. The molecule has 0 unspecified atom stereocenters. The zero-order chi connectivity index (χ0) is 21.3. The molecule has 8 heteroatoms. The van der Waals surface area contributed by atoms with Gasteiger partial charge in [0.1, 0.15) is 0 Å². The molecule has 0 saturated heterocycles. The van der Waals surface area contributed by atoms with E-state index >= 15 is 0 Å². The highest BCUT2D eigenvalue weighted by Gasteiger charge is 2.36. The summed E-state index contributed by atoms with van der Waals surface area (Å²) in [5.41, 5.74) is 4.58. The fourth-order valence-corrected chi connectivity index (χ4v) is 4.57. The highest BCUT2D eigenvalue weighted by molar-refractivity contribution is 7.99. The van der Waals surface area contributed by atoms with Gasteiger partial charge in [-0.25, -0.2) is 4.68 Å². The van der Waals surface area contributed by atoms with Crippen LogP contribution in [0.1, 0.15) is 55.9 Å². The summed E-state index contributed by atoms with van der Waals surface area (Å²) in [6.07, 6.45) is 4.38. The van der Waals surface area contributed by atoms with Gasteiger partial charge in [0.15, 0.2) is 0 Å². The first kappa shape index (κ1) is 20.7. The summed E-state index contributed by atoms with van der Waals surface area (Å²) in [5, 5.41) is 16.2. The first-order chi connectivity index (χ1) is 14.4. The molecule has 0 radical (unpaired) electrons. The van der Waals surface area contributed by atoms with Gasteiger partial charge in [0.2, 0.25) is 11.8 Å². The highest BCUT2D eigenvalue weighted by Crippen LogP contribution is 2.41. The van der Waals surface area contributed by atoms with E-state index in [0.717, 1.165) is 24.1 Å². The third kappa shape index (κ3) is 4.28. The lowest BCUT2D eigenvalue weighted by Crippen LogP contribution is -2.37. The summed E-state index contributed by atoms with van der Waals surface area (Å²) in [4.78, 5) is 12.7. The van der Waals surface area contributed by atoms with E-state index in [4.69, 9.17) is 4.42 Å². The van der Waals surface area contributed by atoms with Crippen LogP contribution in [0.2, 0.25) is 0 Å². The molecule has 0 aliphatic heterocycles. The van der Waals surface area contributed by atoms with E-state index in [0.29, 0.717) is 17.5 Å². The lowest BCUT2D eigenvalue weighted by Gasteiger charge is -2.36. The number of aryl methyl sites for hydroxylation is 2. The van der Waals surface area contributed by atoms with E-state index in [1.165, 1.54) is 23.0 Å². The first-order valence-corrected chi connectivity index (χ1v) is 11.2. The molecule has 2 heterocycles. The Labute approximate surface area is 180 Å². The Morgan fingerprint density at radius 3 is 2.87 bits per heavy atom. The van der Waals surface area contributed by atoms with Crippen LogP contribution in [0.25, 0.3) is 5.69 Å². The Morgan fingerprint density at radius 1 is 1.33 bits per heavy atom. The van der Waals surface area contributed by atoms with Crippen molar-refractivity contribution in [3.8, 4) is 5.69 Å². The van der Waals surface area contributed by atoms with Gasteiger partial charge in [-0.05, 0) is 36.8 Å². The van der Waals surface area contributed by atoms with Crippen molar-refractivity contribution < 1.29 is 9.21 Å². The van der Waals surface area contributed by atoms with Gasteiger partial charge in [-0.2, -0.15) is 5.10 Å². The largest absolute Gasteiger partial charge is 0.416 e. The van der Waals surface area contributed by atoms with Crippen molar-refractivity contribution in [3.63, 3.8) is 0 Å². The van der Waals surface area contributed by atoms with Crippen molar-refractivity contribution in [1.29, 1.82) is 0 Å². The molecule has 1 aliphatic rings. The molecular formula is C22H27N5O2S. The minimum Gasteiger partial charge on any atom is -0.416 e. The van der Waals surface area contributed by atoms with E-state index in [1.807, 2.05) is 29.9 Å². The van der Waals surface area contributed by atoms with Crippen molar-refractivity contribution in [2.75, 3.05) is 5.75 Å². The minimum atomic E-state index is -0.0662. The average Bonchev–Trinajstić information content (AvgIpc) is 3.33. The fraction of sp³-hybridized carbons (Fsp3) is 0.455. The molecule has 0 spiro atoms. The van der Waals surface area contributed by atoms with Gasteiger partial charge in [0, 0.05) is 12.0 Å². The van der Waals surface area contributed by atoms with Gasteiger partial charge < -0.3 is 9.73 Å². The van der Waals surface area contributed by atoms with Crippen LogP contribution in [-0.4, -0.2) is 31.6 Å². The van der Waals surface area contributed by atoms with Gasteiger partial charge in [0.05, 0.1) is 29.4 Å². The highest BCUT2D eigenvalue weighted by atomic mass is 32.2. The van der Waals surface area contributed by atoms with E-state index in [1.54, 1.807) is 0 Å². The van der Waals surface area contributed by atoms with E-state index in [-0.39, 0.29) is 23.1 Å². The number of carbonyl (C=O) groups excluding carboxylic acids is 1. The van der Waals surface area contributed by atoms with E-state index in [2.05, 4.69) is 53.5 Å². The van der Waals surface area contributed by atoms with Crippen LogP contribution in [0.3, 0.4) is 0 Å². The summed E-state index contributed by atoms with van der Waals surface area (Å²) in [5.74, 6) is 0.775. The molecule has 0 fully saturated rings. The van der Waals surface area contributed by atoms with Gasteiger partial charge in [-0.3, -0.25) is 4.79 Å². The van der Waals surface area contributed by atoms with Crippen LogP contribution in [0.4, 0.5) is 0 Å². The number of amides is 1. The summed E-state index contributed by atoms with van der Waals surface area (Å²) in [6.45, 7) is 8.52. The summed E-state index contributed by atoms with van der Waals surface area (Å²) in [7, 11) is 0. The second kappa shape index (κ2) is 8.26. The number of rotatable bonds is 6. The predicted molar refractivity (Wildman–Crippen MR) is 116 cm³/mol. The molecule has 0 bridgehead atoms. The molecule has 4 rings (SSSR count). The van der Waals surface area contributed by atoms with Crippen LogP contribution in [-0.2, 0) is 17.6 Å². The number of aromatic nitrogens is 4. The predicted octanol–water partition coefficient (Wildman–Crippen LogP) is 4.05. The fourth-order valence-electron chi connectivity index (χ4n) is 3.98. The molecular weight excluding hydrogens is 398 g/mol. The van der Waals surface area contributed by atoms with Crippen molar-refractivity contribution in [1.82, 2.24) is 25.3 Å².